The number of allylic oxidation sites excluding steroid dienone is 2. The molecule has 1 heterocycles. The van der Waals surface area contributed by atoms with Crippen molar-refractivity contribution in [1.82, 2.24) is 4.90 Å². The van der Waals surface area contributed by atoms with E-state index in [1.807, 2.05) is 18.2 Å². The molecule has 4 rings (SSSR count). The van der Waals surface area contributed by atoms with Gasteiger partial charge in [-0.15, -0.1) is 0 Å². The van der Waals surface area contributed by atoms with Crippen molar-refractivity contribution < 1.29 is 28.9 Å². The number of carbonyl (C=O) groups is 2. The SMILES string of the molecule is CC(=O)SCOC(=O)CCC/C=C\C[C@@H]1[C@@H](N2CCOCC2)[C@H](O)C[C@@H]1OCc1ccc(-c2ccccc2)cc1. The number of hydrogen-bond donors (Lipinski definition) is 1. The normalized spacial score (nSPS) is 23.4. The molecule has 2 aromatic rings. The summed E-state index contributed by atoms with van der Waals surface area (Å²) in [5.74, 6) is -0.0320. The first kappa shape index (κ1) is 30.5. The van der Waals surface area contributed by atoms with Gasteiger partial charge in [0.15, 0.2) is 5.12 Å². The van der Waals surface area contributed by atoms with Gasteiger partial charge in [-0.1, -0.05) is 66.7 Å². The average Bonchev–Trinajstić information content (AvgIpc) is 3.29. The molecular weight excluding hydrogens is 526 g/mol. The second-order valence-corrected chi connectivity index (χ2v) is 11.5. The number of nitrogens with zero attached hydrogens (tertiary/aromatic N) is 1. The number of ether oxygens (including phenoxy) is 3. The highest BCUT2D eigenvalue weighted by Gasteiger charge is 2.45. The van der Waals surface area contributed by atoms with E-state index in [-0.39, 0.29) is 35.1 Å². The van der Waals surface area contributed by atoms with E-state index < -0.39 is 6.10 Å². The molecule has 4 atom stereocenters. The van der Waals surface area contributed by atoms with Gasteiger partial charge in [-0.05, 0) is 47.7 Å². The third kappa shape index (κ3) is 9.28. The molecule has 0 spiro atoms. The molecule has 1 saturated heterocycles. The van der Waals surface area contributed by atoms with E-state index >= 15 is 0 Å². The Hall–Kier alpha value is -2.49. The zero-order valence-electron chi connectivity index (χ0n) is 23.3. The number of carbonyl (C=O) groups excluding carboxylic acids is 2. The van der Waals surface area contributed by atoms with Crippen LogP contribution in [0.4, 0.5) is 0 Å². The van der Waals surface area contributed by atoms with Crippen molar-refractivity contribution in [3.8, 4) is 11.1 Å². The quantitative estimate of drug-likeness (QED) is 0.153. The van der Waals surface area contributed by atoms with E-state index in [0.717, 1.165) is 43.3 Å². The van der Waals surface area contributed by atoms with Gasteiger partial charge < -0.3 is 19.3 Å². The van der Waals surface area contributed by atoms with Crippen molar-refractivity contribution in [2.75, 3.05) is 32.2 Å². The number of aliphatic hydroxyl groups excluding tert-OH is 1. The molecule has 7 nitrogen and oxygen atoms in total. The fourth-order valence-electron chi connectivity index (χ4n) is 5.54. The number of thioether (sulfide) groups is 1. The Morgan fingerprint density at radius 1 is 1.05 bits per heavy atom. The van der Waals surface area contributed by atoms with Crippen LogP contribution in [0.2, 0.25) is 0 Å². The minimum absolute atomic E-state index is 0.0350. The molecule has 2 aromatic carbocycles. The lowest BCUT2D eigenvalue weighted by atomic mass is 9.94. The van der Waals surface area contributed by atoms with E-state index in [9.17, 15) is 14.7 Å². The van der Waals surface area contributed by atoms with Crippen LogP contribution in [-0.2, 0) is 30.4 Å². The maximum atomic E-state index is 11.8. The highest BCUT2D eigenvalue weighted by atomic mass is 32.2. The van der Waals surface area contributed by atoms with E-state index in [4.69, 9.17) is 14.2 Å². The van der Waals surface area contributed by atoms with Crippen molar-refractivity contribution in [3.05, 3.63) is 72.3 Å². The van der Waals surface area contributed by atoms with Gasteiger partial charge in [0.2, 0.25) is 0 Å². The first-order valence-electron chi connectivity index (χ1n) is 14.2. The lowest BCUT2D eigenvalue weighted by Gasteiger charge is -2.37. The number of hydrogen-bond acceptors (Lipinski definition) is 8. The standard InChI is InChI=1S/C32H41NO6S/c1-24(34)40-23-39-31(36)12-8-3-2-7-11-28-30(21-29(35)32(28)33-17-19-37-20-18-33)38-22-25-13-15-27(16-14-25)26-9-5-4-6-10-26/h2,4-7,9-10,13-16,28-30,32,35H,3,8,11-12,17-23H2,1H3/b7-2-/t28-,29+,30-,32+/m0/s1. The summed E-state index contributed by atoms with van der Waals surface area (Å²) in [7, 11) is 0. The minimum Gasteiger partial charge on any atom is -0.454 e. The second-order valence-electron chi connectivity index (χ2n) is 10.4. The maximum Gasteiger partial charge on any atom is 0.306 e. The van der Waals surface area contributed by atoms with Gasteiger partial charge in [0.25, 0.3) is 0 Å². The second kappa shape index (κ2) is 16.1. The van der Waals surface area contributed by atoms with Gasteiger partial charge >= 0.3 is 5.97 Å². The summed E-state index contributed by atoms with van der Waals surface area (Å²) >= 11 is 0.995. The minimum atomic E-state index is -0.440. The largest absolute Gasteiger partial charge is 0.454 e. The van der Waals surface area contributed by atoms with E-state index in [2.05, 4.69) is 53.5 Å². The summed E-state index contributed by atoms with van der Waals surface area (Å²) in [5, 5.41) is 11.0. The molecule has 1 aliphatic heterocycles. The Bertz CT molecular complexity index is 1090. The van der Waals surface area contributed by atoms with Crippen LogP contribution in [0.5, 0.6) is 0 Å². The smallest absolute Gasteiger partial charge is 0.306 e. The Morgan fingerprint density at radius 2 is 1.77 bits per heavy atom. The van der Waals surface area contributed by atoms with Crippen LogP contribution >= 0.6 is 11.8 Å². The number of aliphatic hydroxyl groups is 1. The van der Waals surface area contributed by atoms with Gasteiger partial charge in [-0.3, -0.25) is 14.5 Å². The molecule has 0 amide bonds. The molecule has 216 valence electrons. The van der Waals surface area contributed by atoms with Gasteiger partial charge in [0, 0.05) is 44.8 Å². The number of benzene rings is 2. The van der Waals surface area contributed by atoms with Crippen molar-refractivity contribution >= 4 is 22.8 Å². The van der Waals surface area contributed by atoms with E-state index in [0.29, 0.717) is 39.1 Å². The van der Waals surface area contributed by atoms with E-state index in [1.165, 1.54) is 18.1 Å². The summed E-state index contributed by atoms with van der Waals surface area (Å²) in [6, 6.07) is 18.9. The molecule has 0 unspecified atom stereocenters. The zero-order chi connectivity index (χ0) is 28.2. The predicted octanol–water partition coefficient (Wildman–Crippen LogP) is 5.22. The van der Waals surface area contributed by atoms with Crippen molar-refractivity contribution in [2.24, 2.45) is 5.92 Å². The third-order valence-electron chi connectivity index (χ3n) is 7.59. The average molecular weight is 568 g/mol. The Labute approximate surface area is 241 Å². The summed E-state index contributed by atoms with van der Waals surface area (Å²) in [6.45, 7) is 4.97. The van der Waals surface area contributed by atoms with E-state index in [1.54, 1.807) is 0 Å². The van der Waals surface area contributed by atoms with Gasteiger partial charge in [0.05, 0.1) is 32.0 Å². The lowest BCUT2D eigenvalue weighted by Crippen LogP contribution is -2.50. The van der Waals surface area contributed by atoms with Crippen LogP contribution in [0.3, 0.4) is 0 Å². The number of morpholine rings is 1. The maximum absolute atomic E-state index is 11.8. The number of rotatable bonds is 13. The number of esters is 1. The van der Waals surface area contributed by atoms with Crippen LogP contribution in [-0.4, -0.2) is 71.6 Å². The Kier molecular flexibility index (Phi) is 12.2. The van der Waals surface area contributed by atoms with Crippen LogP contribution in [0, 0.1) is 5.92 Å². The molecule has 0 aromatic heterocycles. The fraction of sp³-hybridized carbons (Fsp3) is 0.500. The fourth-order valence-corrected chi connectivity index (χ4v) is 5.90. The van der Waals surface area contributed by atoms with Gasteiger partial charge in [-0.25, -0.2) is 0 Å². The lowest BCUT2D eigenvalue weighted by molar-refractivity contribution is -0.141. The summed E-state index contributed by atoms with van der Waals surface area (Å²) in [4.78, 5) is 25.1. The van der Waals surface area contributed by atoms with Crippen molar-refractivity contribution in [2.45, 2.75) is 63.9 Å². The third-order valence-corrected chi connectivity index (χ3v) is 8.23. The topological polar surface area (TPSA) is 85.3 Å². The van der Waals surface area contributed by atoms with Crippen LogP contribution < -0.4 is 0 Å². The van der Waals surface area contributed by atoms with Crippen LogP contribution in [0.1, 0.15) is 44.6 Å². The molecule has 1 N–H and O–H groups in total. The molecule has 0 bridgehead atoms. The highest BCUT2D eigenvalue weighted by molar-refractivity contribution is 8.13. The molecular formula is C32H41NO6S. The Morgan fingerprint density at radius 3 is 2.50 bits per heavy atom. The highest BCUT2D eigenvalue weighted by Crippen LogP contribution is 2.36. The molecule has 8 heteroatoms. The first-order chi connectivity index (χ1) is 19.5. The summed E-state index contributed by atoms with van der Waals surface area (Å²) in [5.41, 5.74) is 3.49. The monoisotopic (exact) mass is 567 g/mol. The molecule has 1 aliphatic carbocycles. The zero-order valence-corrected chi connectivity index (χ0v) is 24.1. The molecule has 40 heavy (non-hydrogen) atoms. The molecule has 0 radical (unpaired) electrons. The number of unbranched alkanes of at least 4 members (excludes halogenated alkanes) is 1. The Balaban J connectivity index is 1.30. The summed E-state index contributed by atoms with van der Waals surface area (Å²) in [6.07, 6.45) is 7.00. The summed E-state index contributed by atoms with van der Waals surface area (Å²) < 4.78 is 17.1. The molecule has 1 saturated carbocycles. The van der Waals surface area contributed by atoms with Gasteiger partial charge in [-0.2, -0.15) is 0 Å². The van der Waals surface area contributed by atoms with Gasteiger partial charge in [0.1, 0.15) is 5.94 Å². The molecule has 2 aliphatic rings. The molecule has 2 fully saturated rings. The predicted molar refractivity (Wildman–Crippen MR) is 158 cm³/mol. The first-order valence-corrected chi connectivity index (χ1v) is 15.2. The van der Waals surface area contributed by atoms with Crippen LogP contribution in [0.15, 0.2) is 66.7 Å². The van der Waals surface area contributed by atoms with Crippen LogP contribution in [0.25, 0.3) is 11.1 Å². The van der Waals surface area contributed by atoms with Crippen molar-refractivity contribution in [3.63, 3.8) is 0 Å². The van der Waals surface area contributed by atoms with Crippen molar-refractivity contribution in [1.29, 1.82) is 0 Å².